The second kappa shape index (κ2) is 12.7. The lowest BCUT2D eigenvalue weighted by Gasteiger charge is -2.40. The number of nitrogens with zero attached hydrogens (tertiary/aromatic N) is 3. The van der Waals surface area contributed by atoms with E-state index >= 15 is 0 Å². The molecular weight excluding hydrogens is 501 g/mol. The number of rotatable bonds is 12. The molecule has 4 rings (SSSR count). The Morgan fingerprint density at radius 2 is 1.81 bits per heavy atom. The Balaban J connectivity index is 1.28. The summed E-state index contributed by atoms with van der Waals surface area (Å²) < 4.78 is 25.4. The van der Waals surface area contributed by atoms with Crippen LogP contribution in [0.2, 0.25) is 10.0 Å². The maximum Gasteiger partial charge on any atom is 0.161 e. The zero-order valence-electron chi connectivity index (χ0n) is 20.8. The fourth-order valence-corrected chi connectivity index (χ4v) is 4.63. The third-order valence-electron chi connectivity index (χ3n) is 6.58. The molecule has 0 aliphatic carbocycles. The topological polar surface area (TPSA) is 58.0 Å². The van der Waals surface area contributed by atoms with Gasteiger partial charge in [-0.3, -0.25) is 9.58 Å². The summed E-state index contributed by atoms with van der Waals surface area (Å²) >= 11 is 12.1. The van der Waals surface area contributed by atoms with Crippen LogP contribution >= 0.6 is 23.2 Å². The van der Waals surface area contributed by atoms with Gasteiger partial charge in [-0.25, -0.2) is 0 Å². The Kier molecular flexibility index (Phi) is 9.37. The smallest absolute Gasteiger partial charge is 0.161 e. The van der Waals surface area contributed by atoms with Crippen LogP contribution in [0.5, 0.6) is 17.2 Å². The molecule has 1 saturated heterocycles. The molecule has 1 aliphatic rings. The number of ether oxygens (including phenoxy) is 4. The minimum atomic E-state index is -0.328. The molecule has 0 amide bonds. The predicted octanol–water partition coefficient (Wildman–Crippen LogP) is 5.73. The number of halogens is 2. The molecule has 194 valence electrons. The number of hydrogen-bond donors (Lipinski definition) is 0. The third-order valence-corrected chi connectivity index (χ3v) is 7.31. The lowest BCUT2D eigenvalue weighted by molar-refractivity contribution is -0.0839. The molecule has 3 aromatic rings. The first-order valence-corrected chi connectivity index (χ1v) is 12.9. The monoisotopic (exact) mass is 533 g/mol. The summed E-state index contributed by atoms with van der Waals surface area (Å²) in [5.74, 6) is 2.21. The van der Waals surface area contributed by atoms with Gasteiger partial charge in [0.15, 0.2) is 11.5 Å². The Morgan fingerprint density at radius 1 is 0.972 bits per heavy atom. The highest BCUT2D eigenvalue weighted by Gasteiger charge is 2.35. The molecule has 7 nitrogen and oxygen atoms in total. The van der Waals surface area contributed by atoms with E-state index in [1.165, 1.54) is 5.56 Å². The van der Waals surface area contributed by atoms with Crippen LogP contribution in [0.25, 0.3) is 0 Å². The van der Waals surface area contributed by atoms with Crippen molar-refractivity contribution in [2.75, 3.05) is 40.5 Å². The molecule has 0 N–H and O–H groups in total. The van der Waals surface area contributed by atoms with Crippen LogP contribution < -0.4 is 14.2 Å². The van der Waals surface area contributed by atoms with Crippen LogP contribution in [0.1, 0.15) is 24.8 Å². The van der Waals surface area contributed by atoms with Gasteiger partial charge in [0.25, 0.3) is 0 Å². The fraction of sp³-hybridized carbons (Fsp3) is 0.444. The van der Waals surface area contributed by atoms with E-state index in [0.717, 1.165) is 56.9 Å². The van der Waals surface area contributed by atoms with Gasteiger partial charge in [0.05, 0.1) is 23.8 Å². The van der Waals surface area contributed by atoms with E-state index in [0.29, 0.717) is 29.0 Å². The van der Waals surface area contributed by atoms with Crippen molar-refractivity contribution in [2.24, 2.45) is 0 Å². The van der Waals surface area contributed by atoms with E-state index in [-0.39, 0.29) is 5.60 Å². The van der Waals surface area contributed by atoms with E-state index in [4.69, 9.17) is 42.1 Å². The summed E-state index contributed by atoms with van der Waals surface area (Å²) in [6.07, 6.45) is 6.35. The molecular formula is C27H33Cl2N3O4. The van der Waals surface area contributed by atoms with Gasteiger partial charge in [0, 0.05) is 58.2 Å². The molecule has 0 saturated carbocycles. The number of aryl methyl sites for hydroxylation is 1. The van der Waals surface area contributed by atoms with Gasteiger partial charge < -0.3 is 18.9 Å². The maximum atomic E-state index is 6.12. The first kappa shape index (κ1) is 26.6. The molecule has 1 fully saturated rings. The van der Waals surface area contributed by atoms with Crippen molar-refractivity contribution < 1.29 is 18.9 Å². The molecule has 0 bridgehead atoms. The fourth-order valence-electron chi connectivity index (χ4n) is 4.34. The first-order valence-electron chi connectivity index (χ1n) is 12.1. The summed E-state index contributed by atoms with van der Waals surface area (Å²) in [5.41, 5.74) is 0.862. The summed E-state index contributed by atoms with van der Waals surface area (Å²) in [4.78, 5) is 2.43. The Hall–Kier alpha value is -2.45. The van der Waals surface area contributed by atoms with E-state index in [2.05, 4.69) is 22.1 Å². The van der Waals surface area contributed by atoms with Crippen molar-refractivity contribution in [3.8, 4) is 17.2 Å². The third kappa shape index (κ3) is 7.07. The van der Waals surface area contributed by atoms with Crippen LogP contribution in [0.3, 0.4) is 0 Å². The van der Waals surface area contributed by atoms with Crippen LogP contribution in [-0.4, -0.2) is 60.8 Å². The molecule has 36 heavy (non-hydrogen) atoms. The van der Waals surface area contributed by atoms with Crippen LogP contribution in [-0.2, 0) is 17.8 Å². The average Bonchev–Trinajstić information content (AvgIpc) is 3.42. The van der Waals surface area contributed by atoms with Gasteiger partial charge in [-0.15, -0.1) is 0 Å². The maximum absolute atomic E-state index is 6.12. The van der Waals surface area contributed by atoms with Crippen molar-refractivity contribution >= 4 is 23.2 Å². The number of likely N-dealkylation sites (tertiary alicyclic amines) is 1. The molecule has 1 aromatic heterocycles. The quantitative estimate of drug-likeness (QED) is 0.277. The van der Waals surface area contributed by atoms with Crippen LogP contribution in [0, 0.1) is 0 Å². The summed E-state index contributed by atoms with van der Waals surface area (Å²) in [5, 5.41) is 5.22. The second-order valence-corrected chi connectivity index (χ2v) is 9.80. The van der Waals surface area contributed by atoms with Crippen molar-refractivity contribution in [1.82, 2.24) is 14.7 Å². The SMILES string of the molecule is COc1ccc(CN2CCC(COc3ccc(Cl)c(Cl)c3)(OC)CC2)cc1OCCCn1cccn1. The molecule has 1 aliphatic heterocycles. The Morgan fingerprint density at radius 3 is 2.50 bits per heavy atom. The minimum absolute atomic E-state index is 0.328. The molecule has 0 unspecified atom stereocenters. The molecule has 2 aromatic carbocycles. The highest BCUT2D eigenvalue weighted by atomic mass is 35.5. The minimum Gasteiger partial charge on any atom is -0.493 e. The molecule has 9 heteroatoms. The number of methoxy groups -OCH3 is 2. The number of benzene rings is 2. The lowest BCUT2D eigenvalue weighted by atomic mass is 9.91. The predicted molar refractivity (Wildman–Crippen MR) is 142 cm³/mol. The van der Waals surface area contributed by atoms with E-state index < -0.39 is 0 Å². The number of aromatic nitrogens is 2. The van der Waals surface area contributed by atoms with Gasteiger partial charge in [-0.05, 0) is 48.7 Å². The number of hydrogen-bond acceptors (Lipinski definition) is 6. The standard InChI is InChI=1S/C27H33Cl2N3O4/c1-33-25-8-5-21(17-26(25)35-16-4-13-32-12-3-11-30-32)19-31-14-9-27(34-2,10-15-31)20-36-22-6-7-23(28)24(29)18-22/h3,5-8,11-12,17-18H,4,9-10,13-16,19-20H2,1-2H3. The van der Waals surface area contributed by atoms with Crippen molar-refractivity contribution in [3.63, 3.8) is 0 Å². The first-order chi connectivity index (χ1) is 17.5. The van der Waals surface area contributed by atoms with Gasteiger partial charge in [-0.2, -0.15) is 5.10 Å². The van der Waals surface area contributed by atoms with Gasteiger partial charge in [0.2, 0.25) is 0 Å². The normalized spacial score (nSPS) is 15.6. The largest absolute Gasteiger partial charge is 0.493 e. The molecule has 0 atom stereocenters. The lowest BCUT2D eigenvalue weighted by Crippen LogP contribution is -2.48. The molecule has 0 radical (unpaired) electrons. The number of piperidine rings is 1. The molecule has 0 spiro atoms. The summed E-state index contributed by atoms with van der Waals surface area (Å²) in [6.45, 7) is 4.53. The van der Waals surface area contributed by atoms with Gasteiger partial charge in [-0.1, -0.05) is 29.3 Å². The van der Waals surface area contributed by atoms with Crippen LogP contribution in [0.15, 0.2) is 54.9 Å². The highest BCUT2D eigenvalue weighted by molar-refractivity contribution is 6.42. The zero-order valence-corrected chi connectivity index (χ0v) is 22.3. The van der Waals surface area contributed by atoms with Gasteiger partial charge in [0.1, 0.15) is 18.0 Å². The Bertz CT molecular complexity index is 1100. The van der Waals surface area contributed by atoms with Gasteiger partial charge >= 0.3 is 0 Å². The Labute approximate surface area is 222 Å². The summed E-state index contributed by atoms with van der Waals surface area (Å²) in [7, 11) is 3.42. The van der Waals surface area contributed by atoms with E-state index in [1.807, 2.05) is 29.1 Å². The second-order valence-electron chi connectivity index (χ2n) is 8.98. The van der Waals surface area contributed by atoms with E-state index in [1.54, 1.807) is 32.5 Å². The van der Waals surface area contributed by atoms with Crippen molar-refractivity contribution in [1.29, 1.82) is 0 Å². The molecule has 2 heterocycles. The van der Waals surface area contributed by atoms with Crippen molar-refractivity contribution in [3.05, 3.63) is 70.5 Å². The average molecular weight is 534 g/mol. The summed E-state index contributed by atoms with van der Waals surface area (Å²) in [6, 6.07) is 13.4. The van der Waals surface area contributed by atoms with Crippen molar-refractivity contribution in [2.45, 2.75) is 38.0 Å². The van der Waals surface area contributed by atoms with Crippen LogP contribution in [0.4, 0.5) is 0 Å². The zero-order chi connectivity index (χ0) is 25.4. The van der Waals surface area contributed by atoms with E-state index in [9.17, 15) is 0 Å². The highest BCUT2D eigenvalue weighted by Crippen LogP contribution is 2.32.